The number of rotatable bonds is 7. The molecule has 1 N–H and O–H groups in total. The summed E-state index contributed by atoms with van der Waals surface area (Å²) in [5.74, 6) is 0.0511. The van der Waals surface area contributed by atoms with Crippen LogP contribution in [0.25, 0.3) is 0 Å². The zero-order valence-corrected chi connectivity index (χ0v) is 13.4. The van der Waals surface area contributed by atoms with Crippen molar-refractivity contribution in [3.63, 3.8) is 0 Å². The lowest BCUT2D eigenvalue weighted by molar-refractivity contribution is 0.390. The van der Waals surface area contributed by atoms with Gasteiger partial charge < -0.3 is 4.52 Å². The number of benzene rings is 1. The molecule has 0 spiro atoms. The Morgan fingerprint density at radius 1 is 1.23 bits per heavy atom. The van der Waals surface area contributed by atoms with Gasteiger partial charge in [0.1, 0.15) is 16.4 Å². The molecule has 0 saturated heterocycles. The predicted octanol–water partition coefficient (Wildman–Crippen LogP) is 2.73. The molecule has 2 rings (SSSR count). The second kappa shape index (κ2) is 7.02. The molecule has 2 aromatic rings. The number of halogens is 1. The van der Waals surface area contributed by atoms with Crippen molar-refractivity contribution in [1.29, 1.82) is 0 Å². The van der Waals surface area contributed by atoms with E-state index in [1.807, 2.05) is 0 Å². The van der Waals surface area contributed by atoms with E-state index in [0.717, 1.165) is 0 Å². The summed E-state index contributed by atoms with van der Waals surface area (Å²) in [6.45, 7) is 3.44. The molecular weight excluding hydrogens is 307 g/mol. The summed E-state index contributed by atoms with van der Waals surface area (Å²) < 4.78 is 45.1. The maximum Gasteiger partial charge on any atom is 0.245 e. The van der Waals surface area contributed by atoms with Crippen molar-refractivity contribution < 1.29 is 17.3 Å². The molecule has 5 nitrogen and oxygen atoms in total. The van der Waals surface area contributed by atoms with Crippen molar-refractivity contribution in [2.45, 2.75) is 38.0 Å². The third-order valence-electron chi connectivity index (χ3n) is 3.36. The van der Waals surface area contributed by atoms with Gasteiger partial charge in [-0.2, -0.15) is 0 Å². The van der Waals surface area contributed by atoms with Crippen LogP contribution in [-0.2, 0) is 16.4 Å². The maximum absolute atomic E-state index is 13.4. The molecule has 22 heavy (non-hydrogen) atoms. The van der Waals surface area contributed by atoms with Crippen LogP contribution in [-0.4, -0.2) is 20.1 Å². The summed E-state index contributed by atoms with van der Waals surface area (Å²) in [5, 5.41) is 3.64. The minimum atomic E-state index is -3.61. The average molecular weight is 326 g/mol. The zero-order chi connectivity index (χ0) is 16.2. The van der Waals surface area contributed by atoms with Gasteiger partial charge in [-0.25, -0.2) is 17.5 Å². The lowest BCUT2D eigenvalue weighted by Crippen LogP contribution is -2.25. The lowest BCUT2D eigenvalue weighted by atomic mass is 10.1. The van der Waals surface area contributed by atoms with E-state index in [2.05, 4.69) is 9.88 Å². The number of hydrogen-bond acceptors (Lipinski definition) is 4. The Morgan fingerprint density at radius 3 is 2.59 bits per heavy atom. The SMILES string of the molecule is Cc1noc(C)c1S(=O)(=O)NCCCCc1ccccc1F. The fourth-order valence-corrected chi connectivity index (χ4v) is 3.68. The molecule has 0 aliphatic carbocycles. The molecule has 0 atom stereocenters. The quantitative estimate of drug-likeness (QED) is 0.794. The molecule has 7 heteroatoms. The second-order valence-corrected chi connectivity index (χ2v) is 6.80. The highest BCUT2D eigenvalue weighted by atomic mass is 32.2. The molecule has 0 aliphatic rings. The van der Waals surface area contributed by atoms with Gasteiger partial charge in [0.25, 0.3) is 0 Å². The molecule has 1 aromatic carbocycles. The number of unbranched alkanes of at least 4 members (excludes halogenated alkanes) is 1. The molecule has 0 saturated carbocycles. The number of sulfonamides is 1. The first-order chi connectivity index (χ1) is 10.4. The summed E-state index contributed by atoms with van der Waals surface area (Å²) in [6, 6.07) is 6.61. The minimum Gasteiger partial charge on any atom is -0.360 e. The molecule has 0 unspecified atom stereocenters. The maximum atomic E-state index is 13.4. The van der Waals surface area contributed by atoms with E-state index >= 15 is 0 Å². The largest absolute Gasteiger partial charge is 0.360 e. The third-order valence-corrected chi connectivity index (χ3v) is 5.06. The number of nitrogens with zero attached hydrogens (tertiary/aromatic N) is 1. The topological polar surface area (TPSA) is 72.2 Å². The second-order valence-electron chi connectivity index (χ2n) is 5.10. The van der Waals surface area contributed by atoms with Gasteiger partial charge in [-0.3, -0.25) is 0 Å². The van der Waals surface area contributed by atoms with E-state index in [-0.39, 0.29) is 16.5 Å². The molecule has 120 valence electrons. The van der Waals surface area contributed by atoms with Crippen molar-refractivity contribution >= 4 is 10.0 Å². The van der Waals surface area contributed by atoms with Crippen LogP contribution in [0.15, 0.2) is 33.7 Å². The Bertz CT molecular complexity index is 721. The monoisotopic (exact) mass is 326 g/mol. The van der Waals surface area contributed by atoms with Crippen LogP contribution in [0.2, 0.25) is 0 Å². The van der Waals surface area contributed by atoms with Gasteiger partial charge in [-0.1, -0.05) is 23.4 Å². The number of hydrogen-bond donors (Lipinski definition) is 1. The molecule has 0 aliphatic heterocycles. The van der Waals surface area contributed by atoms with E-state index in [9.17, 15) is 12.8 Å². The van der Waals surface area contributed by atoms with Gasteiger partial charge in [0.15, 0.2) is 5.76 Å². The smallest absolute Gasteiger partial charge is 0.245 e. The van der Waals surface area contributed by atoms with E-state index < -0.39 is 10.0 Å². The number of aromatic nitrogens is 1. The Morgan fingerprint density at radius 2 is 1.95 bits per heavy atom. The van der Waals surface area contributed by atoms with Crippen LogP contribution >= 0.6 is 0 Å². The van der Waals surface area contributed by atoms with Crippen LogP contribution in [0.3, 0.4) is 0 Å². The third kappa shape index (κ3) is 3.92. The lowest BCUT2D eigenvalue weighted by Gasteiger charge is -2.06. The molecule has 1 heterocycles. The van der Waals surface area contributed by atoms with Crippen molar-refractivity contribution in [1.82, 2.24) is 9.88 Å². The summed E-state index contributed by atoms with van der Waals surface area (Å²) in [4.78, 5) is 0.0987. The van der Waals surface area contributed by atoms with Crippen LogP contribution in [0.4, 0.5) is 4.39 Å². The van der Waals surface area contributed by atoms with Crippen molar-refractivity contribution in [3.8, 4) is 0 Å². The summed E-state index contributed by atoms with van der Waals surface area (Å²) in [7, 11) is -3.61. The van der Waals surface area contributed by atoms with Crippen molar-refractivity contribution in [2.75, 3.05) is 6.54 Å². The molecular formula is C15H19FN2O3S. The van der Waals surface area contributed by atoms with Gasteiger partial charge in [0, 0.05) is 6.54 Å². The fraction of sp³-hybridized carbons (Fsp3) is 0.400. The highest BCUT2D eigenvalue weighted by Crippen LogP contribution is 2.18. The summed E-state index contributed by atoms with van der Waals surface area (Å²) in [6.07, 6.45) is 1.90. The average Bonchev–Trinajstić information content (AvgIpc) is 2.80. The van der Waals surface area contributed by atoms with E-state index in [1.165, 1.54) is 6.07 Å². The van der Waals surface area contributed by atoms with Crippen LogP contribution in [0, 0.1) is 19.7 Å². The first-order valence-corrected chi connectivity index (χ1v) is 8.56. The van der Waals surface area contributed by atoms with Gasteiger partial charge in [-0.05, 0) is 44.7 Å². The standard InChI is InChI=1S/C15H19FN2O3S/c1-11-15(12(2)21-18-11)22(19,20)17-10-6-5-8-13-7-3-4-9-14(13)16/h3-4,7,9,17H,5-6,8,10H2,1-2H3. The van der Waals surface area contributed by atoms with Gasteiger partial charge in [0.2, 0.25) is 10.0 Å². The van der Waals surface area contributed by atoms with Crippen molar-refractivity contribution in [2.24, 2.45) is 0 Å². The van der Waals surface area contributed by atoms with Crippen LogP contribution in [0.5, 0.6) is 0 Å². The highest BCUT2D eigenvalue weighted by molar-refractivity contribution is 7.89. The first kappa shape index (κ1) is 16.6. The molecule has 0 bridgehead atoms. The first-order valence-electron chi connectivity index (χ1n) is 7.08. The predicted molar refractivity (Wildman–Crippen MR) is 80.5 cm³/mol. The normalized spacial score (nSPS) is 11.8. The zero-order valence-electron chi connectivity index (χ0n) is 12.6. The van der Waals surface area contributed by atoms with Gasteiger partial charge >= 0.3 is 0 Å². The van der Waals surface area contributed by atoms with Crippen LogP contribution in [0.1, 0.15) is 29.9 Å². The Labute approximate surface area is 129 Å². The van der Waals surface area contributed by atoms with Crippen molar-refractivity contribution in [3.05, 3.63) is 47.1 Å². The van der Waals surface area contributed by atoms with E-state index in [1.54, 1.807) is 32.0 Å². The van der Waals surface area contributed by atoms with E-state index in [0.29, 0.717) is 37.1 Å². The Kier molecular flexibility index (Phi) is 5.31. The highest BCUT2D eigenvalue weighted by Gasteiger charge is 2.23. The number of nitrogens with one attached hydrogen (secondary N) is 1. The van der Waals surface area contributed by atoms with Crippen LogP contribution < -0.4 is 4.72 Å². The Hall–Kier alpha value is -1.73. The molecule has 0 fully saturated rings. The minimum absolute atomic E-state index is 0.0987. The summed E-state index contributed by atoms with van der Waals surface area (Å²) >= 11 is 0. The number of aryl methyl sites for hydroxylation is 3. The molecule has 0 amide bonds. The van der Waals surface area contributed by atoms with Gasteiger partial charge in [-0.15, -0.1) is 0 Å². The molecule has 0 radical (unpaired) electrons. The fourth-order valence-electron chi connectivity index (χ4n) is 2.28. The van der Waals surface area contributed by atoms with E-state index in [4.69, 9.17) is 4.52 Å². The molecule has 1 aromatic heterocycles. The summed E-state index contributed by atoms with van der Waals surface area (Å²) in [5.41, 5.74) is 0.993. The Balaban J connectivity index is 1.83. The van der Waals surface area contributed by atoms with Gasteiger partial charge in [0.05, 0.1) is 0 Å².